The van der Waals surface area contributed by atoms with Crippen LogP contribution in [0.15, 0.2) is 60.0 Å². The molecule has 0 saturated carbocycles. The van der Waals surface area contributed by atoms with Crippen LogP contribution in [0.2, 0.25) is 5.02 Å². The van der Waals surface area contributed by atoms with Crippen LogP contribution < -0.4 is 5.32 Å². The van der Waals surface area contributed by atoms with Crippen molar-refractivity contribution in [3.8, 4) is 11.3 Å². The van der Waals surface area contributed by atoms with Gasteiger partial charge in [0.05, 0.1) is 12.8 Å². The molecule has 5 nitrogen and oxygen atoms in total. The summed E-state index contributed by atoms with van der Waals surface area (Å²) >= 11 is 7.57. The molecule has 1 atom stereocenters. The molecule has 0 saturated heterocycles. The number of methoxy groups -OCH3 is 1. The highest BCUT2D eigenvalue weighted by atomic mass is 35.5. The molecule has 0 bridgehead atoms. The Morgan fingerprint density at radius 1 is 1.14 bits per heavy atom. The number of nitrogens with one attached hydrogen (secondary N) is 1. The van der Waals surface area contributed by atoms with Crippen molar-refractivity contribution in [3.05, 3.63) is 70.6 Å². The predicted octanol–water partition coefficient (Wildman–Crippen LogP) is 5.21. The van der Waals surface area contributed by atoms with Gasteiger partial charge in [0.2, 0.25) is 5.91 Å². The van der Waals surface area contributed by atoms with Crippen LogP contribution in [0, 0.1) is 5.92 Å². The number of carbonyl (C=O) groups excluding carboxylic acids is 2. The van der Waals surface area contributed by atoms with Crippen molar-refractivity contribution < 1.29 is 14.3 Å². The van der Waals surface area contributed by atoms with Crippen molar-refractivity contribution in [2.75, 3.05) is 12.4 Å². The average molecular weight is 429 g/mol. The highest BCUT2D eigenvalue weighted by molar-refractivity contribution is 7.14. The smallest absolute Gasteiger partial charge is 0.305 e. The number of ether oxygens (including phenoxy) is 1. The predicted molar refractivity (Wildman–Crippen MR) is 116 cm³/mol. The highest BCUT2D eigenvalue weighted by Gasteiger charge is 2.22. The second kappa shape index (κ2) is 10.2. The molecule has 150 valence electrons. The number of amides is 1. The first-order chi connectivity index (χ1) is 14.1. The second-order valence-electron chi connectivity index (χ2n) is 6.51. The Bertz CT molecular complexity index is 975. The number of hydrogen-bond acceptors (Lipinski definition) is 5. The van der Waals surface area contributed by atoms with Gasteiger partial charge in [-0.1, -0.05) is 60.1 Å². The molecule has 1 amide bonds. The Morgan fingerprint density at radius 3 is 2.59 bits per heavy atom. The second-order valence-corrected chi connectivity index (χ2v) is 7.77. The van der Waals surface area contributed by atoms with Crippen molar-refractivity contribution in [2.24, 2.45) is 5.92 Å². The molecular weight excluding hydrogens is 408 g/mol. The minimum atomic E-state index is -0.371. The van der Waals surface area contributed by atoms with Gasteiger partial charge in [-0.05, 0) is 24.5 Å². The zero-order valence-electron chi connectivity index (χ0n) is 15.9. The van der Waals surface area contributed by atoms with Crippen LogP contribution in [0.1, 0.15) is 18.4 Å². The van der Waals surface area contributed by atoms with Crippen LogP contribution in [-0.2, 0) is 20.7 Å². The summed E-state index contributed by atoms with van der Waals surface area (Å²) in [6, 6.07) is 17.2. The molecule has 3 rings (SSSR count). The van der Waals surface area contributed by atoms with Gasteiger partial charge in [-0.2, -0.15) is 0 Å². The van der Waals surface area contributed by atoms with E-state index in [0.717, 1.165) is 11.1 Å². The Balaban J connectivity index is 1.72. The molecule has 0 aliphatic rings. The van der Waals surface area contributed by atoms with Gasteiger partial charge in [0.15, 0.2) is 5.13 Å². The fourth-order valence-electron chi connectivity index (χ4n) is 2.95. The molecule has 1 N–H and O–H groups in total. The first kappa shape index (κ1) is 21.0. The summed E-state index contributed by atoms with van der Waals surface area (Å²) in [5.74, 6) is -0.868. The van der Waals surface area contributed by atoms with E-state index >= 15 is 0 Å². The third kappa shape index (κ3) is 5.89. The maximum Gasteiger partial charge on any atom is 0.305 e. The van der Waals surface area contributed by atoms with E-state index in [1.165, 1.54) is 18.4 Å². The van der Waals surface area contributed by atoms with Gasteiger partial charge in [-0.25, -0.2) is 4.98 Å². The lowest BCUT2D eigenvalue weighted by molar-refractivity contribution is -0.141. The number of esters is 1. The number of hydrogen-bond donors (Lipinski definition) is 1. The van der Waals surface area contributed by atoms with Crippen LogP contribution in [-0.4, -0.2) is 24.0 Å². The summed E-state index contributed by atoms with van der Waals surface area (Å²) in [6.45, 7) is 0. The molecule has 0 unspecified atom stereocenters. The minimum absolute atomic E-state index is 0.169. The van der Waals surface area contributed by atoms with Crippen molar-refractivity contribution in [2.45, 2.75) is 19.3 Å². The lowest BCUT2D eigenvalue weighted by atomic mass is 9.94. The molecule has 3 aromatic rings. The van der Waals surface area contributed by atoms with E-state index < -0.39 is 0 Å². The number of nitrogens with zero attached hydrogens (tertiary/aromatic N) is 1. The Labute approximate surface area is 178 Å². The normalized spacial score (nSPS) is 11.7. The Morgan fingerprint density at radius 2 is 1.86 bits per heavy atom. The standard InChI is InChI=1S/C22H21ClN2O3S/c1-28-20(26)12-11-16(13-15-7-3-2-4-8-15)21(27)25-22-24-19(14-29-22)17-9-5-6-10-18(17)23/h2-10,14,16H,11-13H2,1H3,(H,24,25,27)/t16-/m1/s1. The number of thiazole rings is 1. The van der Waals surface area contributed by atoms with Crippen LogP contribution in [0.3, 0.4) is 0 Å². The lowest BCUT2D eigenvalue weighted by Gasteiger charge is -2.15. The van der Waals surface area contributed by atoms with Crippen LogP contribution in [0.25, 0.3) is 11.3 Å². The first-order valence-electron chi connectivity index (χ1n) is 9.19. The van der Waals surface area contributed by atoms with Crippen LogP contribution in [0.5, 0.6) is 0 Å². The van der Waals surface area contributed by atoms with Gasteiger partial charge >= 0.3 is 5.97 Å². The number of anilines is 1. The van der Waals surface area contributed by atoms with E-state index in [9.17, 15) is 9.59 Å². The molecule has 1 heterocycles. The molecule has 0 radical (unpaired) electrons. The zero-order chi connectivity index (χ0) is 20.6. The van der Waals surface area contributed by atoms with Gasteiger partial charge < -0.3 is 10.1 Å². The van der Waals surface area contributed by atoms with E-state index in [-0.39, 0.29) is 24.2 Å². The van der Waals surface area contributed by atoms with Crippen LogP contribution >= 0.6 is 22.9 Å². The van der Waals surface area contributed by atoms with E-state index in [4.69, 9.17) is 16.3 Å². The number of carbonyl (C=O) groups is 2. The summed E-state index contributed by atoms with van der Waals surface area (Å²) < 4.78 is 4.72. The highest BCUT2D eigenvalue weighted by Crippen LogP contribution is 2.30. The molecule has 0 aliphatic carbocycles. The van der Waals surface area contributed by atoms with Crippen molar-refractivity contribution in [1.29, 1.82) is 0 Å². The summed E-state index contributed by atoms with van der Waals surface area (Å²) in [5.41, 5.74) is 2.57. The van der Waals surface area contributed by atoms with Crippen molar-refractivity contribution >= 4 is 39.9 Å². The maximum absolute atomic E-state index is 12.9. The van der Waals surface area contributed by atoms with Gasteiger partial charge in [-0.15, -0.1) is 11.3 Å². The molecule has 1 aromatic heterocycles. The Kier molecular flexibility index (Phi) is 7.38. The summed E-state index contributed by atoms with van der Waals surface area (Å²) in [4.78, 5) is 29.0. The van der Waals surface area contributed by atoms with E-state index in [0.29, 0.717) is 28.7 Å². The number of benzene rings is 2. The molecular formula is C22H21ClN2O3S. The molecule has 29 heavy (non-hydrogen) atoms. The lowest BCUT2D eigenvalue weighted by Crippen LogP contribution is -2.25. The third-order valence-electron chi connectivity index (χ3n) is 4.50. The third-order valence-corrected chi connectivity index (χ3v) is 5.59. The fraction of sp³-hybridized carbons (Fsp3) is 0.227. The zero-order valence-corrected chi connectivity index (χ0v) is 17.5. The largest absolute Gasteiger partial charge is 0.469 e. The monoisotopic (exact) mass is 428 g/mol. The van der Waals surface area contributed by atoms with Crippen molar-refractivity contribution in [3.63, 3.8) is 0 Å². The number of rotatable bonds is 8. The topological polar surface area (TPSA) is 68.3 Å². The summed E-state index contributed by atoms with van der Waals surface area (Å²) in [7, 11) is 1.35. The maximum atomic E-state index is 12.9. The van der Waals surface area contributed by atoms with E-state index in [2.05, 4.69) is 10.3 Å². The fourth-order valence-corrected chi connectivity index (χ4v) is 3.90. The molecule has 0 fully saturated rings. The molecule has 0 aliphatic heterocycles. The van der Waals surface area contributed by atoms with Gasteiger partial charge in [0.1, 0.15) is 0 Å². The van der Waals surface area contributed by atoms with E-state index in [1.807, 2.05) is 53.9 Å². The minimum Gasteiger partial charge on any atom is -0.469 e. The van der Waals surface area contributed by atoms with Gasteiger partial charge in [0, 0.05) is 28.3 Å². The van der Waals surface area contributed by atoms with Crippen LogP contribution in [0.4, 0.5) is 5.13 Å². The van der Waals surface area contributed by atoms with Gasteiger partial charge in [0.25, 0.3) is 0 Å². The summed E-state index contributed by atoms with van der Waals surface area (Å²) in [6.07, 6.45) is 1.12. The molecule has 7 heteroatoms. The van der Waals surface area contributed by atoms with Gasteiger partial charge in [-0.3, -0.25) is 9.59 Å². The quantitative estimate of drug-likeness (QED) is 0.500. The Hall–Kier alpha value is -2.70. The van der Waals surface area contributed by atoms with E-state index in [1.54, 1.807) is 6.07 Å². The number of aromatic nitrogens is 1. The summed E-state index contributed by atoms with van der Waals surface area (Å²) in [5, 5.41) is 5.85. The first-order valence-corrected chi connectivity index (χ1v) is 10.4. The number of halogens is 1. The average Bonchev–Trinajstić information content (AvgIpc) is 3.20. The SMILES string of the molecule is COC(=O)CC[C@H](Cc1ccccc1)C(=O)Nc1nc(-c2ccccc2Cl)cs1. The molecule has 0 spiro atoms. The van der Waals surface area contributed by atoms with Crippen molar-refractivity contribution in [1.82, 2.24) is 4.98 Å². The molecule has 2 aromatic carbocycles.